The molecular formula is C34H24F6OS2. The first-order chi connectivity index (χ1) is 20.4. The van der Waals surface area contributed by atoms with Crippen molar-refractivity contribution in [1.29, 1.82) is 0 Å². The Morgan fingerprint density at radius 1 is 0.535 bits per heavy atom. The van der Waals surface area contributed by atoms with Crippen LogP contribution in [0.2, 0.25) is 0 Å². The molecule has 220 valence electrons. The van der Waals surface area contributed by atoms with Gasteiger partial charge in [0.05, 0.1) is 18.3 Å². The van der Waals surface area contributed by atoms with Crippen molar-refractivity contribution in [3.8, 4) is 37.8 Å². The summed E-state index contributed by atoms with van der Waals surface area (Å²) in [5, 5.41) is 0. The Kier molecular flexibility index (Phi) is 7.09. The highest BCUT2D eigenvalue weighted by Gasteiger charge is 2.80. The first-order valence-corrected chi connectivity index (χ1v) is 14.9. The highest BCUT2D eigenvalue weighted by Crippen LogP contribution is 2.66. The van der Waals surface area contributed by atoms with E-state index in [0.29, 0.717) is 26.6 Å². The van der Waals surface area contributed by atoms with Crippen molar-refractivity contribution in [2.24, 2.45) is 0 Å². The molecule has 0 atom stereocenters. The van der Waals surface area contributed by atoms with Crippen LogP contribution in [0.3, 0.4) is 0 Å². The van der Waals surface area contributed by atoms with E-state index in [0.717, 1.165) is 33.8 Å². The van der Waals surface area contributed by atoms with E-state index >= 15 is 26.3 Å². The van der Waals surface area contributed by atoms with Crippen LogP contribution in [0.15, 0.2) is 91.0 Å². The van der Waals surface area contributed by atoms with Crippen LogP contribution in [0.5, 0.6) is 5.75 Å². The summed E-state index contributed by atoms with van der Waals surface area (Å²) in [5.41, 5.74) is 1.00. The zero-order valence-corrected chi connectivity index (χ0v) is 24.8. The average molecular weight is 627 g/mol. The lowest BCUT2D eigenvalue weighted by Gasteiger charge is -2.25. The fraction of sp³-hybridized carbons (Fsp3) is 0.176. The van der Waals surface area contributed by atoms with Gasteiger partial charge >= 0.3 is 17.8 Å². The standard InChI is InChI=1S/C34H24F6OS2/c1-19-17-26(23-11-9-22(10-12-23)21-7-5-4-6-8-21)42-30(19)28-29(33(37,38)34(39,40)32(28,35)36)31-20(2)18-27(43-31)24-13-15-25(41-3)16-14-24/h4-18H,1-3H3. The average Bonchev–Trinajstić information content (AvgIpc) is 3.60. The quantitative estimate of drug-likeness (QED) is 0.170. The molecule has 0 radical (unpaired) electrons. The number of benzene rings is 3. The maximum absolute atomic E-state index is 15.6. The molecule has 0 amide bonds. The van der Waals surface area contributed by atoms with Crippen molar-refractivity contribution in [2.75, 3.05) is 7.11 Å². The first kappa shape index (κ1) is 29.3. The van der Waals surface area contributed by atoms with Crippen molar-refractivity contribution >= 4 is 33.8 Å². The molecule has 0 aliphatic heterocycles. The predicted octanol–water partition coefficient (Wildman–Crippen LogP) is 11.3. The van der Waals surface area contributed by atoms with Crippen molar-refractivity contribution in [2.45, 2.75) is 31.6 Å². The molecule has 0 saturated carbocycles. The van der Waals surface area contributed by atoms with Gasteiger partial charge in [-0.25, -0.2) is 0 Å². The molecule has 2 aromatic heterocycles. The summed E-state index contributed by atoms with van der Waals surface area (Å²) >= 11 is 1.61. The lowest BCUT2D eigenvalue weighted by molar-refractivity contribution is -0.254. The van der Waals surface area contributed by atoms with E-state index in [4.69, 9.17) is 4.74 Å². The highest BCUT2D eigenvalue weighted by atomic mass is 32.1. The number of rotatable bonds is 6. The van der Waals surface area contributed by atoms with Crippen LogP contribution in [-0.2, 0) is 0 Å². The number of hydrogen-bond acceptors (Lipinski definition) is 3. The molecule has 1 aliphatic carbocycles. The third-order valence-electron chi connectivity index (χ3n) is 7.61. The predicted molar refractivity (Wildman–Crippen MR) is 163 cm³/mol. The number of halogens is 6. The number of aryl methyl sites for hydroxylation is 2. The van der Waals surface area contributed by atoms with Crippen molar-refractivity contribution in [1.82, 2.24) is 0 Å². The van der Waals surface area contributed by atoms with E-state index in [1.54, 1.807) is 48.5 Å². The number of thiophene rings is 2. The Balaban J connectivity index is 1.49. The van der Waals surface area contributed by atoms with Crippen LogP contribution < -0.4 is 4.74 Å². The normalized spacial score (nSPS) is 17.0. The third kappa shape index (κ3) is 4.60. The Bertz CT molecular complexity index is 1830. The van der Waals surface area contributed by atoms with Crippen LogP contribution in [0.1, 0.15) is 20.9 Å². The molecule has 0 saturated heterocycles. The summed E-state index contributed by atoms with van der Waals surface area (Å²) in [4.78, 5) is 0.426. The lowest BCUT2D eigenvalue weighted by Crippen LogP contribution is -2.48. The van der Waals surface area contributed by atoms with E-state index in [1.165, 1.54) is 21.0 Å². The van der Waals surface area contributed by atoms with Crippen molar-refractivity contribution < 1.29 is 31.1 Å². The summed E-state index contributed by atoms with van der Waals surface area (Å²) in [6.45, 7) is 2.95. The molecule has 2 heterocycles. The highest BCUT2D eigenvalue weighted by molar-refractivity contribution is 7.18. The van der Waals surface area contributed by atoms with Gasteiger partial charge in [0.25, 0.3) is 0 Å². The van der Waals surface area contributed by atoms with Crippen molar-refractivity contribution in [3.63, 3.8) is 0 Å². The second-order valence-corrected chi connectivity index (χ2v) is 12.5. The molecule has 1 nitrogen and oxygen atoms in total. The SMILES string of the molecule is COc1ccc(-c2cc(C)c(C3=C(c4sc(-c5ccc(-c6ccccc6)cc5)cc4C)C(F)(F)C(F)(F)C3(F)F)s2)cc1. The second kappa shape index (κ2) is 10.4. The number of alkyl halides is 6. The Labute approximate surface area is 252 Å². The summed E-state index contributed by atoms with van der Waals surface area (Å²) in [5.74, 6) is -15.3. The van der Waals surface area contributed by atoms with Gasteiger partial charge in [0.2, 0.25) is 0 Å². The minimum Gasteiger partial charge on any atom is -0.497 e. The largest absolute Gasteiger partial charge is 0.497 e. The van der Waals surface area contributed by atoms with Gasteiger partial charge in [0.15, 0.2) is 0 Å². The zero-order chi connectivity index (χ0) is 30.7. The molecule has 1 aliphatic rings. The fourth-order valence-electron chi connectivity index (χ4n) is 5.30. The number of hydrogen-bond donors (Lipinski definition) is 0. The fourth-order valence-corrected chi connectivity index (χ4v) is 7.82. The third-order valence-corrected chi connectivity index (χ3v) is 10.2. The molecule has 9 heteroatoms. The van der Waals surface area contributed by atoms with E-state index in [-0.39, 0.29) is 20.9 Å². The Morgan fingerprint density at radius 3 is 1.37 bits per heavy atom. The van der Waals surface area contributed by atoms with Crippen molar-refractivity contribution in [3.05, 3.63) is 112 Å². The molecule has 0 unspecified atom stereocenters. The van der Waals surface area contributed by atoms with Gasteiger partial charge in [0, 0.05) is 19.5 Å². The number of ether oxygens (including phenoxy) is 1. The number of allylic oxidation sites excluding steroid dienone is 2. The molecule has 6 rings (SSSR count). The molecule has 0 N–H and O–H groups in total. The zero-order valence-electron chi connectivity index (χ0n) is 23.2. The first-order valence-electron chi connectivity index (χ1n) is 13.3. The van der Waals surface area contributed by atoms with Crippen LogP contribution in [0.4, 0.5) is 26.3 Å². The monoisotopic (exact) mass is 626 g/mol. The molecular weight excluding hydrogens is 602 g/mol. The summed E-state index contributed by atoms with van der Waals surface area (Å²) in [7, 11) is 1.50. The molecule has 43 heavy (non-hydrogen) atoms. The minimum absolute atomic E-state index is 0.211. The minimum atomic E-state index is -5.62. The van der Waals surface area contributed by atoms with E-state index in [1.807, 2.05) is 42.5 Å². The topological polar surface area (TPSA) is 9.23 Å². The smallest absolute Gasteiger partial charge is 0.380 e. The Hall–Kier alpha value is -3.82. The maximum atomic E-state index is 15.6. The summed E-state index contributed by atoms with van der Waals surface area (Å²) in [6, 6.07) is 26.8. The number of methoxy groups -OCH3 is 1. The molecule has 5 aromatic rings. The van der Waals surface area contributed by atoms with Gasteiger partial charge in [-0.3, -0.25) is 0 Å². The van der Waals surface area contributed by atoms with Crippen LogP contribution in [-0.4, -0.2) is 24.9 Å². The van der Waals surface area contributed by atoms with Gasteiger partial charge in [-0.2, -0.15) is 26.3 Å². The maximum Gasteiger partial charge on any atom is 0.380 e. The Morgan fingerprint density at radius 2 is 0.930 bits per heavy atom. The van der Waals surface area contributed by atoms with E-state index in [2.05, 4.69) is 0 Å². The van der Waals surface area contributed by atoms with Crippen LogP contribution in [0, 0.1) is 13.8 Å². The second-order valence-electron chi connectivity index (χ2n) is 10.4. The van der Waals surface area contributed by atoms with Crippen LogP contribution >= 0.6 is 22.7 Å². The molecule has 0 spiro atoms. The molecule has 0 fully saturated rings. The van der Waals surface area contributed by atoms with Gasteiger partial charge in [-0.1, -0.05) is 54.6 Å². The molecule has 3 aromatic carbocycles. The van der Waals surface area contributed by atoms with Gasteiger partial charge in [-0.15, -0.1) is 22.7 Å². The van der Waals surface area contributed by atoms with Gasteiger partial charge in [-0.05, 0) is 83.6 Å². The lowest BCUT2D eigenvalue weighted by atomic mass is 10.0. The summed E-state index contributed by atoms with van der Waals surface area (Å²) in [6.07, 6.45) is 0. The summed E-state index contributed by atoms with van der Waals surface area (Å²) < 4.78 is 97.5. The van der Waals surface area contributed by atoms with Crippen LogP contribution in [0.25, 0.3) is 43.2 Å². The molecule has 0 bridgehead atoms. The van der Waals surface area contributed by atoms with E-state index < -0.39 is 28.9 Å². The van der Waals surface area contributed by atoms with Gasteiger partial charge < -0.3 is 4.74 Å². The van der Waals surface area contributed by atoms with Gasteiger partial charge in [0.1, 0.15) is 5.75 Å². The van der Waals surface area contributed by atoms with E-state index in [9.17, 15) is 0 Å².